The van der Waals surface area contributed by atoms with Gasteiger partial charge in [0.05, 0.1) is 18.8 Å². The Morgan fingerprint density at radius 2 is 2.12 bits per heavy atom. The summed E-state index contributed by atoms with van der Waals surface area (Å²) in [7, 11) is 0. The van der Waals surface area contributed by atoms with Crippen molar-refractivity contribution >= 4 is 0 Å². The third-order valence-corrected chi connectivity index (χ3v) is 4.04. The second kappa shape index (κ2) is 6.16. The molecular formula is C17H17FN4O2. The summed E-state index contributed by atoms with van der Waals surface area (Å²) in [5, 5.41) is 8.51. The lowest BCUT2D eigenvalue weighted by molar-refractivity contribution is -0.00116. The highest BCUT2D eigenvalue weighted by Crippen LogP contribution is 2.28. The van der Waals surface area contributed by atoms with Gasteiger partial charge in [0.1, 0.15) is 11.9 Å². The maximum absolute atomic E-state index is 13.1. The SMILES string of the molecule is CCCc1noc(-c2cc3n(n2)C[C@@H](c2ccc(F)cc2)OC3)n1. The highest BCUT2D eigenvalue weighted by atomic mass is 19.1. The summed E-state index contributed by atoms with van der Waals surface area (Å²) >= 11 is 0. The molecule has 0 fully saturated rings. The molecule has 0 spiro atoms. The predicted molar refractivity (Wildman–Crippen MR) is 83.4 cm³/mol. The summed E-state index contributed by atoms with van der Waals surface area (Å²) < 4.78 is 26.1. The molecule has 7 heteroatoms. The van der Waals surface area contributed by atoms with Crippen molar-refractivity contribution in [1.29, 1.82) is 0 Å². The zero-order valence-electron chi connectivity index (χ0n) is 13.3. The molecule has 6 nitrogen and oxygen atoms in total. The van der Waals surface area contributed by atoms with Gasteiger partial charge in [-0.25, -0.2) is 4.39 Å². The zero-order chi connectivity index (χ0) is 16.5. The molecule has 0 N–H and O–H groups in total. The van der Waals surface area contributed by atoms with E-state index in [1.807, 2.05) is 10.7 Å². The number of hydrogen-bond donors (Lipinski definition) is 0. The number of halogens is 1. The number of fused-ring (bicyclic) bond motifs is 1. The van der Waals surface area contributed by atoms with E-state index in [1.165, 1.54) is 12.1 Å². The number of aryl methyl sites for hydroxylation is 1. The molecule has 0 amide bonds. The van der Waals surface area contributed by atoms with Crippen LogP contribution < -0.4 is 0 Å². The van der Waals surface area contributed by atoms with Crippen molar-refractivity contribution in [3.63, 3.8) is 0 Å². The van der Waals surface area contributed by atoms with Crippen LogP contribution in [0.4, 0.5) is 4.39 Å². The molecule has 3 heterocycles. The number of ether oxygens (including phenoxy) is 1. The van der Waals surface area contributed by atoms with E-state index in [9.17, 15) is 4.39 Å². The van der Waals surface area contributed by atoms with Gasteiger partial charge in [0.15, 0.2) is 11.5 Å². The second-order valence-corrected chi connectivity index (χ2v) is 5.82. The van der Waals surface area contributed by atoms with E-state index in [2.05, 4.69) is 22.2 Å². The fraction of sp³-hybridized carbons (Fsp3) is 0.353. The molecule has 1 aliphatic rings. The molecule has 3 aromatic rings. The number of hydrogen-bond acceptors (Lipinski definition) is 5. The number of nitrogens with zero attached hydrogens (tertiary/aromatic N) is 4. The van der Waals surface area contributed by atoms with Crippen LogP contribution >= 0.6 is 0 Å². The van der Waals surface area contributed by atoms with Crippen LogP contribution in [0.1, 0.15) is 36.5 Å². The first-order valence-electron chi connectivity index (χ1n) is 7.99. The Labute approximate surface area is 138 Å². The normalized spacial score (nSPS) is 17.0. The summed E-state index contributed by atoms with van der Waals surface area (Å²) in [5.74, 6) is 0.869. The Morgan fingerprint density at radius 1 is 1.29 bits per heavy atom. The molecule has 0 unspecified atom stereocenters. The average molecular weight is 328 g/mol. The summed E-state index contributed by atoms with van der Waals surface area (Å²) in [6.45, 7) is 3.07. The van der Waals surface area contributed by atoms with Crippen LogP contribution in [0.15, 0.2) is 34.9 Å². The van der Waals surface area contributed by atoms with Gasteiger partial charge in [-0.3, -0.25) is 4.68 Å². The van der Waals surface area contributed by atoms with Crippen LogP contribution in [-0.4, -0.2) is 19.9 Å². The van der Waals surface area contributed by atoms with Gasteiger partial charge >= 0.3 is 0 Å². The predicted octanol–water partition coefficient (Wildman–Crippen LogP) is 3.30. The molecule has 0 bridgehead atoms. The van der Waals surface area contributed by atoms with E-state index < -0.39 is 0 Å². The molecule has 0 radical (unpaired) electrons. The minimum absolute atomic E-state index is 0.149. The zero-order valence-corrected chi connectivity index (χ0v) is 13.3. The van der Waals surface area contributed by atoms with Crippen molar-refractivity contribution in [2.75, 3.05) is 0 Å². The van der Waals surface area contributed by atoms with Gasteiger partial charge in [-0.15, -0.1) is 0 Å². The summed E-state index contributed by atoms with van der Waals surface area (Å²) in [5.41, 5.74) is 2.55. The number of benzene rings is 1. The van der Waals surface area contributed by atoms with Gasteiger partial charge in [0.25, 0.3) is 5.89 Å². The lowest BCUT2D eigenvalue weighted by atomic mass is 10.1. The van der Waals surface area contributed by atoms with Gasteiger partial charge in [-0.1, -0.05) is 24.2 Å². The molecule has 24 heavy (non-hydrogen) atoms. The smallest absolute Gasteiger partial charge is 0.278 e. The van der Waals surface area contributed by atoms with Gasteiger partial charge in [-0.2, -0.15) is 10.1 Å². The first kappa shape index (κ1) is 15.0. The Balaban J connectivity index is 1.56. The highest BCUT2D eigenvalue weighted by Gasteiger charge is 2.24. The van der Waals surface area contributed by atoms with Crippen molar-refractivity contribution in [3.05, 3.63) is 53.2 Å². The monoisotopic (exact) mass is 328 g/mol. The summed E-state index contributed by atoms with van der Waals surface area (Å²) in [6.07, 6.45) is 1.60. The van der Waals surface area contributed by atoms with E-state index in [1.54, 1.807) is 12.1 Å². The molecular weight excluding hydrogens is 311 g/mol. The number of rotatable bonds is 4. The molecule has 4 rings (SSSR count). The number of aromatic nitrogens is 4. The Bertz CT molecular complexity index is 841. The first-order chi connectivity index (χ1) is 11.7. The van der Waals surface area contributed by atoms with Crippen molar-refractivity contribution in [1.82, 2.24) is 19.9 Å². The molecule has 0 aliphatic carbocycles. The van der Waals surface area contributed by atoms with Crippen LogP contribution in [-0.2, 0) is 24.3 Å². The van der Waals surface area contributed by atoms with Crippen LogP contribution in [0.2, 0.25) is 0 Å². The van der Waals surface area contributed by atoms with Gasteiger partial charge < -0.3 is 9.26 Å². The van der Waals surface area contributed by atoms with E-state index in [0.717, 1.165) is 24.1 Å². The van der Waals surface area contributed by atoms with E-state index in [-0.39, 0.29) is 11.9 Å². The minimum Gasteiger partial charge on any atom is -0.365 e. The van der Waals surface area contributed by atoms with Crippen molar-refractivity contribution in [3.8, 4) is 11.6 Å². The van der Waals surface area contributed by atoms with Crippen molar-refractivity contribution in [2.45, 2.75) is 39.0 Å². The van der Waals surface area contributed by atoms with Crippen LogP contribution in [0.25, 0.3) is 11.6 Å². The lowest BCUT2D eigenvalue weighted by Crippen LogP contribution is -2.21. The fourth-order valence-electron chi connectivity index (χ4n) is 2.79. The third-order valence-electron chi connectivity index (χ3n) is 4.04. The average Bonchev–Trinajstić information content (AvgIpc) is 3.21. The maximum Gasteiger partial charge on any atom is 0.278 e. The van der Waals surface area contributed by atoms with Crippen LogP contribution in [0, 0.1) is 5.82 Å². The third kappa shape index (κ3) is 2.82. The van der Waals surface area contributed by atoms with E-state index in [4.69, 9.17) is 9.26 Å². The van der Waals surface area contributed by atoms with Crippen LogP contribution in [0.5, 0.6) is 0 Å². The Kier molecular flexibility index (Phi) is 3.86. The molecule has 0 saturated carbocycles. The largest absolute Gasteiger partial charge is 0.365 e. The molecule has 124 valence electrons. The maximum atomic E-state index is 13.1. The van der Waals surface area contributed by atoms with Gasteiger partial charge in [0, 0.05) is 6.42 Å². The molecule has 1 atom stereocenters. The Hall–Kier alpha value is -2.54. The van der Waals surface area contributed by atoms with Crippen molar-refractivity contribution in [2.24, 2.45) is 0 Å². The molecule has 0 saturated heterocycles. The standard InChI is InChI=1S/C17H17FN4O2/c1-2-3-16-19-17(24-21-16)14-8-13-10-23-15(9-22(13)20-14)11-4-6-12(18)7-5-11/h4-8,15H,2-3,9-10H2,1H3/t15-/m0/s1. The van der Waals surface area contributed by atoms with Crippen molar-refractivity contribution < 1.29 is 13.7 Å². The highest BCUT2D eigenvalue weighted by molar-refractivity contribution is 5.47. The Morgan fingerprint density at radius 3 is 2.92 bits per heavy atom. The van der Waals surface area contributed by atoms with E-state index in [0.29, 0.717) is 30.6 Å². The molecule has 1 aromatic carbocycles. The van der Waals surface area contributed by atoms with Crippen LogP contribution in [0.3, 0.4) is 0 Å². The molecule has 1 aliphatic heterocycles. The van der Waals surface area contributed by atoms with E-state index >= 15 is 0 Å². The topological polar surface area (TPSA) is 66.0 Å². The minimum atomic E-state index is -0.254. The fourth-order valence-corrected chi connectivity index (χ4v) is 2.79. The lowest BCUT2D eigenvalue weighted by Gasteiger charge is -2.24. The quantitative estimate of drug-likeness (QED) is 0.735. The first-order valence-corrected chi connectivity index (χ1v) is 7.99. The second-order valence-electron chi connectivity index (χ2n) is 5.82. The summed E-state index contributed by atoms with van der Waals surface area (Å²) in [4.78, 5) is 4.36. The molecule has 2 aromatic heterocycles. The van der Waals surface area contributed by atoms with Gasteiger partial charge in [-0.05, 0) is 30.2 Å². The van der Waals surface area contributed by atoms with Gasteiger partial charge in [0.2, 0.25) is 0 Å². The summed E-state index contributed by atoms with van der Waals surface area (Å²) in [6, 6.07) is 8.27.